The van der Waals surface area contributed by atoms with Crippen molar-refractivity contribution in [1.29, 1.82) is 0 Å². The van der Waals surface area contributed by atoms with Crippen LogP contribution in [0, 0.1) is 0 Å². The molecule has 14 heavy (non-hydrogen) atoms. The van der Waals surface area contributed by atoms with E-state index < -0.39 is 17.9 Å². The minimum absolute atomic E-state index is 0.0178. The Balaban J connectivity index is 2.90. The van der Waals surface area contributed by atoms with Gasteiger partial charge >= 0.3 is 6.18 Å². The molecule has 1 atom stereocenters. The second-order valence-electron chi connectivity index (χ2n) is 3.18. The zero-order chi connectivity index (χ0) is 10.8. The fourth-order valence-electron chi connectivity index (χ4n) is 1.20. The maximum absolute atomic E-state index is 12.5. The molecule has 0 aromatic heterocycles. The van der Waals surface area contributed by atoms with E-state index in [0.717, 1.165) is 12.1 Å². The summed E-state index contributed by atoms with van der Waals surface area (Å²) < 4.78 is 49.2. The average molecular weight is 206 g/mol. The molecule has 0 aliphatic rings. The molecule has 0 bridgehead atoms. The average Bonchev–Trinajstić information content (AvgIpc) is 2.01. The fraction of sp³-hybridized carbons (Fsp3) is 0.400. The predicted octanol–water partition coefficient (Wildman–Crippen LogP) is 3.61. The molecule has 0 aliphatic heterocycles. The normalized spacial score (nSPS) is 14.1. The summed E-state index contributed by atoms with van der Waals surface area (Å²) in [6, 6.07) is 4.74. The summed E-state index contributed by atoms with van der Waals surface area (Å²) in [7, 11) is 0. The van der Waals surface area contributed by atoms with Crippen molar-refractivity contribution in [2.75, 3.05) is 0 Å². The van der Waals surface area contributed by atoms with Gasteiger partial charge in [0.25, 0.3) is 0 Å². The van der Waals surface area contributed by atoms with Crippen LogP contribution in [-0.2, 0) is 12.6 Å². The molecule has 78 valence electrons. The van der Waals surface area contributed by atoms with Gasteiger partial charge in [0.15, 0.2) is 0 Å². The Morgan fingerprint density at radius 3 is 2.43 bits per heavy atom. The Morgan fingerprint density at radius 1 is 1.29 bits per heavy atom. The lowest BCUT2D eigenvalue weighted by Gasteiger charge is -2.08. The maximum Gasteiger partial charge on any atom is 0.416 e. The van der Waals surface area contributed by atoms with E-state index in [2.05, 4.69) is 0 Å². The standard InChI is InChI=1S/C10H10F4/c1-7(11)5-8-3-2-4-9(6-8)10(12,13)14/h2-4,6-7H,5H2,1H3. The molecule has 0 aliphatic carbocycles. The number of hydrogen-bond donors (Lipinski definition) is 0. The Labute approximate surface area is 79.6 Å². The molecular formula is C10H10F4. The maximum atomic E-state index is 12.5. The Morgan fingerprint density at radius 2 is 1.93 bits per heavy atom. The first-order chi connectivity index (χ1) is 6.39. The Hall–Kier alpha value is -1.06. The highest BCUT2D eigenvalue weighted by Gasteiger charge is 2.30. The van der Waals surface area contributed by atoms with Crippen LogP contribution < -0.4 is 0 Å². The molecule has 1 aromatic rings. The van der Waals surface area contributed by atoms with Gasteiger partial charge in [-0.1, -0.05) is 18.2 Å². The lowest BCUT2D eigenvalue weighted by atomic mass is 10.1. The van der Waals surface area contributed by atoms with Crippen LogP contribution in [0.3, 0.4) is 0 Å². The van der Waals surface area contributed by atoms with Crippen LogP contribution in [0.5, 0.6) is 0 Å². The molecule has 0 nitrogen and oxygen atoms in total. The van der Waals surface area contributed by atoms with E-state index in [1.165, 1.54) is 19.1 Å². The first kappa shape index (κ1) is 11.0. The molecule has 0 saturated heterocycles. The number of rotatable bonds is 2. The Kier molecular flexibility index (Phi) is 3.13. The van der Waals surface area contributed by atoms with Crippen molar-refractivity contribution in [2.24, 2.45) is 0 Å². The summed E-state index contributed by atoms with van der Waals surface area (Å²) in [5, 5.41) is 0. The van der Waals surface area contributed by atoms with Crippen LogP contribution >= 0.6 is 0 Å². The lowest BCUT2D eigenvalue weighted by Crippen LogP contribution is -2.06. The third-order valence-corrected chi connectivity index (χ3v) is 1.77. The predicted molar refractivity (Wildman–Crippen MR) is 45.7 cm³/mol. The molecule has 0 fully saturated rings. The van der Waals surface area contributed by atoms with Crippen molar-refractivity contribution in [2.45, 2.75) is 25.7 Å². The lowest BCUT2D eigenvalue weighted by molar-refractivity contribution is -0.137. The molecule has 0 amide bonds. The molecule has 0 saturated carbocycles. The molecule has 0 spiro atoms. The van der Waals surface area contributed by atoms with Crippen molar-refractivity contribution >= 4 is 0 Å². The first-order valence-electron chi connectivity index (χ1n) is 4.20. The van der Waals surface area contributed by atoms with Crippen LogP contribution in [0.4, 0.5) is 17.6 Å². The summed E-state index contributed by atoms with van der Waals surface area (Å²) in [5.41, 5.74) is -0.356. The van der Waals surface area contributed by atoms with Crippen molar-refractivity contribution in [3.63, 3.8) is 0 Å². The van der Waals surface area contributed by atoms with Crippen molar-refractivity contribution in [1.82, 2.24) is 0 Å². The largest absolute Gasteiger partial charge is 0.416 e. The van der Waals surface area contributed by atoms with Gasteiger partial charge in [0.05, 0.1) is 5.56 Å². The van der Waals surface area contributed by atoms with E-state index in [-0.39, 0.29) is 6.42 Å². The summed E-state index contributed by atoms with van der Waals surface area (Å²) in [5.74, 6) is 0. The topological polar surface area (TPSA) is 0 Å². The summed E-state index contributed by atoms with van der Waals surface area (Å²) in [6.45, 7) is 1.32. The molecule has 1 unspecified atom stereocenters. The highest BCUT2D eigenvalue weighted by atomic mass is 19.4. The molecule has 0 heterocycles. The SMILES string of the molecule is CC(F)Cc1cccc(C(F)(F)F)c1. The van der Waals surface area contributed by atoms with Gasteiger partial charge in [-0.3, -0.25) is 0 Å². The van der Waals surface area contributed by atoms with Gasteiger partial charge in [0.2, 0.25) is 0 Å². The molecule has 0 radical (unpaired) electrons. The minimum atomic E-state index is -4.35. The summed E-state index contributed by atoms with van der Waals surface area (Å²) in [6.07, 6.45) is -5.46. The zero-order valence-electron chi connectivity index (χ0n) is 7.61. The summed E-state index contributed by atoms with van der Waals surface area (Å²) >= 11 is 0. The first-order valence-corrected chi connectivity index (χ1v) is 4.20. The Bertz CT molecular complexity index is 301. The quantitative estimate of drug-likeness (QED) is 0.648. The van der Waals surface area contributed by atoms with Gasteiger partial charge in [-0.15, -0.1) is 0 Å². The van der Waals surface area contributed by atoms with Crippen LogP contribution in [0.15, 0.2) is 24.3 Å². The summed E-state index contributed by atoms with van der Waals surface area (Å²) in [4.78, 5) is 0. The fourth-order valence-corrected chi connectivity index (χ4v) is 1.20. The number of benzene rings is 1. The number of alkyl halides is 4. The van der Waals surface area contributed by atoms with Crippen LogP contribution in [-0.4, -0.2) is 6.17 Å². The minimum Gasteiger partial charge on any atom is -0.247 e. The number of halogens is 4. The molecule has 4 heteroatoms. The molecule has 1 aromatic carbocycles. The van der Waals surface area contributed by atoms with Crippen LogP contribution in [0.2, 0.25) is 0 Å². The monoisotopic (exact) mass is 206 g/mol. The van der Waals surface area contributed by atoms with Gasteiger partial charge in [-0.2, -0.15) is 13.2 Å². The smallest absolute Gasteiger partial charge is 0.247 e. The van der Waals surface area contributed by atoms with Gasteiger partial charge in [-0.05, 0) is 18.6 Å². The van der Waals surface area contributed by atoms with E-state index >= 15 is 0 Å². The van der Waals surface area contributed by atoms with Gasteiger partial charge < -0.3 is 0 Å². The van der Waals surface area contributed by atoms with Gasteiger partial charge in [0, 0.05) is 6.42 Å². The highest BCUT2D eigenvalue weighted by Crippen LogP contribution is 2.29. The van der Waals surface area contributed by atoms with E-state index in [9.17, 15) is 17.6 Å². The van der Waals surface area contributed by atoms with Gasteiger partial charge in [-0.25, -0.2) is 4.39 Å². The van der Waals surface area contributed by atoms with Crippen molar-refractivity contribution < 1.29 is 17.6 Å². The third-order valence-electron chi connectivity index (χ3n) is 1.77. The molecule has 0 N–H and O–H groups in total. The second kappa shape index (κ2) is 3.98. The second-order valence-corrected chi connectivity index (χ2v) is 3.18. The van der Waals surface area contributed by atoms with Crippen molar-refractivity contribution in [3.05, 3.63) is 35.4 Å². The molecule has 1 rings (SSSR count). The zero-order valence-corrected chi connectivity index (χ0v) is 7.61. The third kappa shape index (κ3) is 3.01. The van der Waals surface area contributed by atoms with Crippen LogP contribution in [0.25, 0.3) is 0 Å². The van der Waals surface area contributed by atoms with E-state index in [0.29, 0.717) is 5.56 Å². The van der Waals surface area contributed by atoms with Gasteiger partial charge in [0.1, 0.15) is 6.17 Å². The number of hydrogen-bond acceptors (Lipinski definition) is 0. The van der Waals surface area contributed by atoms with E-state index in [1.807, 2.05) is 0 Å². The van der Waals surface area contributed by atoms with E-state index in [1.54, 1.807) is 0 Å². The highest BCUT2D eigenvalue weighted by molar-refractivity contribution is 5.26. The van der Waals surface area contributed by atoms with E-state index in [4.69, 9.17) is 0 Å². The molecular weight excluding hydrogens is 196 g/mol. The van der Waals surface area contributed by atoms with Crippen LogP contribution in [0.1, 0.15) is 18.1 Å². The van der Waals surface area contributed by atoms with Crippen molar-refractivity contribution in [3.8, 4) is 0 Å².